The zero-order valence-corrected chi connectivity index (χ0v) is 16.9. The third kappa shape index (κ3) is 10.1. The zero-order valence-electron chi connectivity index (χ0n) is 16.9. The molecule has 0 heterocycles. The van der Waals surface area contributed by atoms with Gasteiger partial charge in [0, 0.05) is 18.2 Å². The Kier molecular flexibility index (Phi) is 10.9. The van der Waals surface area contributed by atoms with Crippen LogP contribution in [-0.4, -0.2) is 28.7 Å². The molecule has 0 saturated carbocycles. The van der Waals surface area contributed by atoms with Crippen LogP contribution in [0.4, 0.5) is 17.6 Å². The fourth-order valence-electron chi connectivity index (χ4n) is 2.54. The van der Waals surface area contributed by atoms with Gasteiger partial charge in [0.25, 0.3) is 0 Å². The van der Waals surface area contributed by atoms with E-state index in [-0.39, 0.29) is 11.9 Å². The molecule has 2 aromatic carbocycles. The topological polar surface area (TPSA) is 110 Å². The van der Waals surface area contributed by atoms with E-state index in [1.807, 2.05) is 30.3 Å². The van der Waals surface area contributed by atoms with Gasteiger partial charge >= 0.3 is 18.1 Å². The summed E-state index contributed by atoms with van der Waals surface area (Å²) >= 11 is 0. The van der Waals surface area contributed by atoms with Crippen LogP contribution in [0.5, 0.6) is 5.75 Å². The second kappa shape index (κ2) is 13.1. The molecule has 0 spiro atoms. The number of unbranched alkanes of at least 4 members (excludes halogenated alkanes) is 1. The number of halogens is 4. The first-order chi connectivity index (χ1) is 15.0. The van der Waals surface area contributed by atoms with E-state index >= 15 is 0 Å². The average Bonchev–Trinajstić information content (AvgIpc) is 2.72. The maximum absolute atomic E-state index is 13.7. The van der Waals surface area contributed by atoms with Crippen LogP contribution < -0.4 is 10.5 Å². The van der Waals surface area contributed by atoms with Crippen LogP contribution in [0.3, 0.4) is 0 Å². The van der Waals surface area contributed by atoms with E-state index in [0.717, 1.165) is 30.5 Å². The summed E-state index contributed by atoms with van der Waals surface area (Å²) in [6.45, 7) is 0.552. The maximum atomic E-state index is 13.7. The fourth-order valence-corrected chi connectivity index (χ4v) is 2.54. The minimum Gasteiger partial charge on any atom is -0.486 e. The Hall–Kier alpha value is -3.40. The second-order valence-electron chi connectivity index (χ2n) is 6.45. The minimum atomic E-state index is -4.72. The number of carboxylic acid groups (broad SMARTS) is 2. The van der Waals surface area contributed by atoms with E-state index in [1.165, 1.54) is 0 Å². The summed E-state index contributed by atoms with van der Waals surface area (Å²) < 4.78 is 57.3. The standard InChI is InChI=1S/C18H19F4NO.C4H4O4/c19-16-12-14(9-10-15(16)18(20,21)22)24-17(8-4-5-11-23)13-6-2-1-3-7-13;5-3(6)1-2-4(7)8/h1-3,6-7,9-10,12,17H,4-5,8,11,23H2;1-2H,(H,5,6)(H,7,8)/b;2-1+/t17-;/m1./s1. The Morgan fingerprint density at radius 3 is 2.06 bits per heavy atom. The Morgan fingerprint density at radius 1 is 1.00 bits per heavy atom. The SMILES string of the molecule is NCCCC[C@@H](Oc1ccc(C(F)(F)F)c(F)c1)c1ccccc1.O=C(O)/C=C/C(=O)O. The van der Waals surface area contributed by atoms with Crippen molar-refractivity contribution in [2.24, 2.45) is 5.73 Å². The lowest BCUT2D eigenvalue weighted by Crippen LogP contribution is -2.11. The van der Waals surface area contributed by atoms with E-state index in [9.17, 15) is 27.2 Å². The van der Waals surface area contributed by atoms with Crippen LogP contribution in [0.2, 0.25) is 0 Å². The smallest absolute Gasteiger partial charge is 0.419 e. The highest BCUT2D eigenvalue weighted by molar-refractivity contribution is 5.89. The van der Waals surface area contributed by atoms with Crippen molar-refractivity contribution in [2.45, 2.75) is 31.5 Å². The van der Waals surface area contributed by atoms with Crippen molar-refractivity contribution >= 4 is 11.9 Å². The number of rotatable bonds is 9. The van der Waals surface area contributed by atoms with Crippen molar-refractivity contribution in [2.75, 3.05) is 6.54 Å². The van der Waals surface area contributed by atoms with Crippen molar-refractivity contribution < 1.29 is 42.1 Å². The molecule has 0 saturated heterocycles. The van der Waals surface area contributed by atoms with Gasteiger partial charge in [-0.05, 0) is 43.5 Å². The highest BCUT2D eigenvalue weighted by atomic mass is 19.4. The Bertz CT molecular complexity index is 885. The average molecular weight is 457 g/mol. The summed E-state index contributed by atoms with van der Waals surface area (Å²) in [4.78, 5) is 19.1. The first-order valence-corrected chi connectivity index (χ1v) is 9.47. The molecule has 2 aromatic rings. The van der Waals surface area contributed by atoms with E-state index in [1.54, 1.807) is 0 Å². The number of carbonyl (C=O) groups is 2. The molecule has 0 aromatic heterocycles. The molecular formula is C22H23F4NO5. The lowest BCUT2D eigenvalue weighted by atomic mass is 10.0. The van der Waals surface area contributed by atoms with Crippen molar-refractivity contribution in [1.29, 1.82) is 0 Å². The van der Waals surface area contributed by atoms with Crippen molar-refractivity contribution in [3.05, 3.63) is 77.6 Å². The fraction of sp³-hybridized carbons (Fsp3) is 0.273. The van der Waals surface area contributed by atoms with Crippen LogP contribution in [-0.2, 0) is 15.8 Å². The van der Waals surface area contributed by atoms with Crippen LogP contribution >= 0.6 is 0 Å². The molecule has 32 heavy (non-hydrogen) atoms. The highest BCUT2D eigenvalue weighted by Gasteiger charge is 2.34. The summed E-state index contributed by atoms with van der Waals surface area (Å²) in [5.41, 5.74) is 5.07. The van der Waals surface area contributed by atoms with Gasteiger partial charge in [0.15, 0.2) is 0 Å². The summed E-state index contributed by atoms with van der Waals surface area (Å²) in [5.74, 6) is -3.78. The molecule has 0 bridgehead atoms. The summed E-state index contributed by atoms with van der Waals surface area (Å²) in [5, 5.41) is 15.6. The van der Waals surface area contributed by atoms with Crippen molar-refractivity contribution in [1.82, 2.24) is 0 Å². The minimum absolute atomic E-state index is 0.0714. The molecule has 0 aliphatic heterocycles. The molecule has 6 nitrogen and oxygen atoms in total. The first-order valence-electron chi connectivity index (χ1n) is 9.47. The van der Waals surface area contributed by atoms with E-state index in [2.05, 4.69) is 0 Å². The Morgan fingerprint density at radius 2 is 1.59 bits per heavy atom. The number of aliphatic carboxylic acids is 2. The van der Waals surface area contributed by atoms with E-state index in [0.29, 0.717) is 31.2 Å². The van der Waals surface area contributed by atoms with Gasteiger partial charge in [-0.15, -0.1) is 0 Å². The molecule has 10 heteroatoms. The molecule has 0 aliphatic carbocycles. The van der Waals surface area contributed by atoms with Crippen molar-refractivity contribution in [3.8, 4) is 5.75 Å². The molecular weight excluding hydrogens is 434 g/mol. The monoisotopic (exact) mass is 457 g/mol. The summed E-state index contributed by atoms with van der Waals surface area (Å²) in [6, 6.07) is 11.9. The number of hydrogen-bond acceptors (Lipinski definition) is 4. The van der Waals surface area contributed by atoms with Gasteiger partial charge in [-0.1, -0.05) is 30.3 Å². The summed E-state index contributed by atoms with van der Waals surface area (Å²) in [6.07, 6.45) is -1.71. The molecule has 0 radical (unpaired) electrons. The second-order valence-corrected chi connectivity index (χ2v) is 6.45. The van der Waals surface area contributed by atoms with Gasteiger partial charge in [-0.3, -0.25) is 0 Å². The number of alkyl halides is 3. The zero-order chi connectivity index (χ0) is 24.1. The van der Waals surface area contributed by atoms with Gasteiger partial charge in [0.2, 0.25) is 0 Å². The molecule has 0 aliphatic rings. The number of carboxylic acids is 2. The summed E-state index contributed by atoms with van der Waals surface area (Å²) in [7, 11) is 0. The van der Waals surface area contributed by atoms with E-state index in [4.69, 9.17) is 20.7 Å². The molecule has 4 N–H and O–H groups in total. The van der Waals surface area contributed by atoms with Crippen molar-refractivity contribution in [3.63, 3.8) is 0 Å². The molecule has 0 amide bonds. The van der Waals surface area contributed by atoms with Gasteiger partial charge in [-0.2, -0.15) is 13.2 Å². The van der Waals surface area contributed by atoms with E-state index < -0.39 is 29.5 Å². The van der Waals surface area contributed by atoms with Gasteiger partial charge in [0.05, 0.1) is 5.56 Å². The largest absolute Gasteiger partial charge is 0.486 e. The first kappa shape index (κ1) is 26.6. The normalized spacial score (nSPS) is 12.0. The Balaban J connectivity index is 0.000000547. The maximum Gasteiger partial charge on any atom is 0.419 e. The Labute approximate surface area is 181 Å². The quantitative estimate of drug-likeness (QED) is 0.283. The van der Waals surface area contributed by atoms with Gasteiger partial charge < -0.3 is 20.7 Å². The predicted octanol–water partition coefficient (Wildman–Crippen LogP) is 4.81. The molecule has 2 rings (SSSR count). The van der Waals surface area contributed by atoms with Crippen LogP contribution in [0, 0.1) is 5.82 Å². The highest BCUT2D eigenvalue weighted by Crippen LogP contribution is 2.34. The van der Waals surface area contributed by atoms with Crippen LogP contribution in [0.15, 0.2) is 60.7 Å². The molecule has 0 fully saturated rings. The molecule has 0 unspecified atom stereocenters. The number of ether oxygens (including phenoxy) is 1. The predicted molar refractivity (Wildman–Crippen MR) is 109 cm³/mol. The lowest BCUT2D eigenvalue weighted by Gasteiger charge is -2.20. The number of benzene rings is 2. The van der Waals surface area contributed by atoms with Gasteiger partial charge in [0.1, 0.15) is 17.7 Å². The third-order valence-electron chi connectivity index (χ3n) is 3.98. The number of nitrogens with two attached hydrogens (primary N) is 1. The molecule has 174 valence electrons. The lowest BCUT2D eigenvalue weighted by molar-refractivity contribution is -0.140. The van der Waals surface area contributed by atoms with Gasteiger partial charge in [-0.25, -0.2) is 14.0 Å². The van der Waals surface area contributed by atoms with Crippen LogP contribution in [0.25, 0.3) is 0 Å². The number of hydrogen-bond donors (Lipinski definition) is 3. The van der Waals surface area contributed by atoms with Crippen LogP contribution in [0.1, 0.15) is 36.5 Å². The third-order valence-corrected chi connectivity index (χ3v) is 3.98. The molecule has 1 atom stereocenters.